The number of allylic oxidation sites excluding steroid dienone is 1. The number of Topliss-reactive ketones (excluding diaryl/α,β-unsaturated/α-hetero) is 1. The van der Waals surface area contributed by atoms with Crippen molar-refractivity contribution in [2.24, 2.45) is 5.41 Å². The number of esters is 2. The van der Waals surface area contributed by atoms with Crippen molar-refractivity contribution in [2.45, 2.75) is 33.1 Å². The van der Waals surface area contributed by atoms with Gasteiger partial charge in [0.2, 0.25) is 0 Å². The van der Waals surface area contributed by atoms with Crippen LogP contribution in [-0.2, 0) is 28.7 Å². The van der Waals surface area contributed by atoms with Crippen LogP contribution in [0.3, 0.4) is 0 Å². The van der Waals surface area contributed by atoms with E-state index in [-0.39, 0.29) is 26.1 Å². The number of carbonyl (C=O) groups is 4. The van der Waals surface area contributed by atoms with Crippen molar-refractivity contribution in [1.29, 1.82) is 0 Å². The Morgan fingerprint density at radius 1 is 1.15 bits per heavy atom. The quantitative estimate of drug-likeness (QED) is 0.410. The molecule has 0 bridgehead atoms. The first kappa shape index (κ1) is 16.1. The van der Waals surface area contributed by atoms with E-state index in [1.165, 1.54) is 0 Å². The zero-order chi connectivity index (χ0) is 15.2. The van der Waals surface area contributed by atoms with E-state index in [0.29, 0.717) is 6.42 Å². The molecular formula is C14H18O6. The Morgan fingerprint density at radius 2 is 1.80 bits per heavy atom. The van der Waals surface area contributed by atoms with Crippen LogP contribution in [0.15, 0.2) is 12.2 Å². The second kappa shape index (κ2) is 6.98. The molecule has 1 fully saturated rings. The van der Waals surface area contributed by atoms with Gasteiger partial charge >= 0.3 is 11.9 Å². The lowest BCUT2D eigenvalue weighted by molar-refractivity contribution is -0.161. The third-order valence-corrected chi connectivity index (χ3v) is 3.13. The molecular weight excluding hydrogens is 264 g/mol. The molecule has 1 aliphatic rings. The van der Waals surface area contributed by atoms with Crippen LogP contribution in [0.2, 0.25) is 0 Å². The molecule has 110 valence electrons. The maximum Gasteiger partial charge on any atom is 0.330 e. The van der Waals surface area contributed by atoms with Crippen molar-refractivity contribution in [3.8, 4) is 0 Å². The monoisotopic (exact) mass is 282 g/mol. The predicted octanol–water partition coefficient (Wildman–Crippen LogP) is 0.977. The molecule has 0 N–H and O–H groups in total. The number of carbonyl (C=O) groups excluding carboxylic acids is 4. The van der Waals surface area contributed by atoms with Crippen molar-refractivity contribution >= 4 is 23.5 Å². The summed E-state index contributed by atoms with van der Waals surface area (Å²) in [5.41, 5.74) is -1.78. The summed E-state index contributed by atoms with van der Waals surface area (Å²) >= 11 is 0. The van der Waals surface area contributed by atoms with Crippen molar-refractivity contribution in [1.82, 2.24) is 0 Å². The lowest BCUT2D eigenvalue weighted by Crippen LogP contribution is -2.43. The van der Waals surface area contributed by atoms with E-state index >= 15 is 0 Å². The minimum atomic E-state index is -1.78. The summed E-state index contributed by atoms with van der Waals surface area (Å²) in [6.45, 7) is 3.50. The molecule has 0 aromatic heterocycles. The molecule has 0 aromatic rings. The van der Waals surface area contributed by atoms with Crippen LogP contribution in [0, 0.1) is 5.41 Å². The molecule has 1 saturated carbocycles. The molecule has 1 unspecified atom stereocenters. The van der Waals surface area contributed by atoms with E-state index in [1.54, 1.807) is 13.8 Å². The molecule has 6 heteroatoms. The smallest absolute Gasteiger partial charge is 0.330 e. The molecule has 20 heavy (non-hydrogen) atoms. The van der Waals surface area contributed by atoms with Crippen LogP contribution in [0.4, 0.5) is 0 Å². The predicted molar refractivity (Wildman–Crippen MR) is 68.7 cm³/mol. The van der Waals surface area contributed by atoms with Crippen LogP contribution in [0.1, 0.15) is 33.1 Å². The SMILES string of the molecule is CCOC(=O)/C=C/C(=O)C1(C(=O)OCC)CCCC1=O. The molecule has 1 rings (SSSR count). The first-order valence-electron chi connectivity index (χ1n) is 6.58. The highest BCUT2D eigenvalue weighted by Crippen LogP contribution is 2.37. The Morgan fingerprint density at radius 3 is 2.30 bits per heavy atom. The van der Waals surface area contributed by atoms with Gasteiger partial charge in [-0.15, -0.1) is 0 Å². The summed E-state index contributed by atoms with van der Waals surface area (Å²) in [5, 5.41) is 0. The topological polar surface area (TPSA) is 86.7 Å². The lowest BCUT2D eigenvalue weighted by atomic mass is 9.80. The van der Waals surface area contributed by atoms with Gasteiger partial charge < -0.3 is 9.47 Å². The molecule has 0 aliphatic heterocycles. The Kier molecular flexibility index (Phi) is 5.61. The fourth-order valence-corrected chi connectivity index (χ4v) is 2.17. The lowest BCUT2D eigenvalue weighted by Gasteiger charge is -2.21. The molecule has 0 amide bonds. The zero-order valence-corrected chi connectivity index (χ0v) is 11.6. The summed E-state index contributed by atoms with van der Waals surface area (Å²) in [7, 11) is 0. The Bertz CT molecular complexity index is 451. The van der Waals surface area contributed by atoms with E-state index in [0.717, 1.165) is 12.2 Å². The summed E-state index contributed by atoms with van der Waals surface area (Å²) in [5.74, 6) is -2.69. The molecule has 0 spiro atoms. The minimum absolute atomic E-state index is 0.0860. The van der Waals surface area contributed by atoms with Crippen molar-refractivity contribution in [2.75, 3.05) is 13.2 Å². The van der Waals surface area contributed by atoms with Gasteiger partial charge in [0.1, 0.15) is 0 Å². The molecule has 1 aliphatic carbocycles. The van der Waals surface area contributed by atoms with Gasteiger partial charge in [0.25, 0.3) is 0 Å². The third kappa shape index (κ3) is 3.12. The standard InChI is InChI=1S/C14H18O6/c1-3-19-12(17)8-7-11(16)14(13(18)20-4-2)9-5-6-10(14)15/h7-8H,3-6,9H2,1-2H3/b8-7+. The van der Waals surface area contributed by atoms with E-state index in [9.17, 15) is 19.2 Å². The second-order valence-electron chi connectivity index (χ2n) is 4.35. The number of hydrogen-bond donors (Lipinski definition) is 0. The minimum Gasteiger partial charge on any atom is -0.465 e. The maximum atomic E-state index is 12.2. The Balaban J connectivity index is 2.95. The first-order chi connectivity index (χ1) is 9.48. The van der Waals surface area contributed by atoms with Crippen LogP contribution in [-0.4, -0.2) is 36.7 Å². The van der Waals surface area contributed by atoms with E-state index in [2.05, 4.69) is 4.74 Å². The van der Waals surface area contributed by atoms with Gasteiger partial charge in [-0.3, -0.25) is 14.4 Å². The Hall–Kier alpha value is -1.98. The first-order valence-corrected chi connectivity index (χ1v) is 6.58. The van der Waals surface area contributed by atoms with Crippen LogP contribution in [0.25, 0.3) is 0 Å². The van der Waals surface area contributed by atoms with Gasteiger partial charge in [0.05, 0.1) is 13.2 Å². The van der Waals surface area contributed by atoms with Crippen molar-refractivity contribution in [3.05, 3.63) is 12.2 Å². The van der Waals surface area contributed by atoms with Gasteiger partial charge in [-0.05, 0) is 32.8 Å². The van der Waals surface area contributed by atoms with Gasteiger partial charge in [0.15, 0.2) is 17.0 Å². The average Bonchev–Trinajstić information content (AvgIpc) is 2.79. The highest BCUT2D eigenvalue weighted by Gasteiger charge is 2.54. The third-order valence-electron chi connectivity index (χ3n) is 3.13. The molecule has 0 saturated heterocycles. The van der Waals surface area contributed by atoms with Crippen LogP contribution < -0.4 is 0 Å². The van der Waals surface area contributed by atoms with E-state index < -0.39 is 28.9 Å². The fourth-order valence-electron chi connectivity index (χ4n) is 2.17. The number of ketones is 2. The van der Waals surface area contributed by atoms with Crippen LogP contribution >= 0.6 is 0 Å². The van der Waals surface area contributed by atoms with Gasteiger partial charge in [-0.25, -0.2) is 4.79 Å². The fraction of sp³-hybridized carbons (Fsp3) is 0.571. The van der Waals surface area contributed by atoms with Gasteiger partial charge in [-0.1, -0.05) is 0 Å². The summed E-state index contributed by atoms with van der Waals surface area (Å²) in [4.78, 5) is 47.3. The highest BCUT2D eigenvalue weighted by molar-refractivity contribution is 6.26. The Labute approximate surface area is 117 Å². The number of rotatable bonds is 6. The molecule has 0 aromatic carbocycles. The van der Waals surface area contributed by atoms with Crippen LogP contribution in [0.5, 0.6) is 0 Å². The molecule has 0 heterocycles. The molecule has 0 radical (unpaired) electrons. The normalized spacial score (nSPS) is 22.0. The summed E-state index contributed by atoms with van der Waals surface area (Å²) < 4.78 is 9.49. The van der Waals surface area contributed by atoms with Crippen molar-refractivity contribution in [3.63, 3.8) is 0 Å². The zero-order valence-electron chi connectivity index (χ0n) is 11.6. The van der Waals surface area contributed by atoms with E-state index in [4.69, 9.17) is 4.74 Å². The summed E-state index contributed by atoms with van der Waals surface area (Å²) in [6, 6.07) is 0. The second-order valence-corrected chi connectivity index (χ2v) is 4.35. The average molecular weight is 282 g/mol. The molecule has 6 nitrogen and oxygen atoms in total. The molecule has 1 atom stereocenters. The summed E-state index contributed by atoms with van der Waals surface area (Å²) in [6.07, 6.45) is 2.60. The number of hydrogen-bond acceptors (Lipinski definition) is 6. The van der Waals surface area contributed by atoms with Gasteiger partial charge in [0, 0.05) is 12.5 Å². The maximum absolute atomic E-state index is 12.2. The number of ether oxygens (including phenoxy) is 2. The largest absolute Gasteiger partial charge is 0.465 e. The van der Waals surface area contributed by atoms with Crippen molar-refractivity contribution < 1.29 is 28.7 Å². The van der Waals surface area contributed by atoms with E-state index in [1.807, 2.05) is 0 Å². The van der Waals surface area contributed by atoms with Gasteiger partial charge in [-0.2, -0.15) is 0 Å². The highest BCUT2D eigenvalue weighted by atomic mass is 16.5.